The zero-order chi connectivity index (χ0) is 23.1. The van der Waals surface area contributed by atoms with E-state index in [1.54, 1.807) is 0 Å². The third-order valence-electron chi connectivity index (χ3n) is 5.58. The first kappa shape index (κ1) is 26.6. The molecule has 0 saturated carbocycles. The van der Waals surface area contributed by atoms with Crippen LogP contribution >= 0.6 is 0 Å². The minimum atomic E-state index is -0.00914. The molecule has 1 aromatic rings. The Hall–Kier alpha value is -2.41. The molecule has 2 nitrogen and oxygen atoms in total. The topological polar surface area (TPSA) is 33.1 Å². The van der Waals surface area contributed by atoms with Gasteiger partial charge < -0.3 is 5.11 Å². The van der Waals surface area contributed by atoms with Crippen molar-refractivity contribution in [3.05, 3.63) is 90.0 Å². The summed E-state index contributed by atoms with van der Waals surface area (Å²) in [5.41, 5.74) is 9.02. The molecule has 1 N–H and O–H groups in total. The fourth-order valence-electron chi connectivity index (χ4n) is 3.95. The van der Waals surface area contributed by atoms with Crippen LogP contribution in [-0.4, -0.2) is 16.7 Å². The van der Waals surface area contributed by atoms with Crippen LogP contribution in [0.15, 0.2) is 78.7 Å². The molecule has 1 aromatic heterocycles. The van der Waals surface area contributed by atoms with E-state index < -0.39 is 0 Å². The van der Waals surface area contributed by atoms with Crippen LogP contribution in [0.4, 0.5) is 0 Å². The second kappa shape index (κ2) is 15.4. The molecule has 0 aliphatic heterocycles. The summed E-state index contributed by atoms with van der Waals surface area (Å²) >= 11 is 0. The normalized spacial score (nSPS) is 13.2. The van der Waals surface area contributed by atoms with Gasteiger partial charge in [0.25, 0.3) is 0 Å². The standard InChI is InChI=1S/C29H41NO/c1-7-11-12-13-16-24(14-8-2)19-28-18-17-26(21-30-28)25(10-4)20-27(22-31)29(15-9-3)23(5)6/h10-11,17-18,20-21,24,31H,1,4-5,8-9,12-16,19,22H2,2-3,6H3. The van der Waals surface area contributed by atoms with Crippen LogP contribution in [-0.2, 0) is 6.42 Å². The van der Waals surface area contributed by atoms with E-state index in [1.165, 1.54) is 25.7 Å². The molecule has 2 heteroatoms. The molecule has 1 heterocycles. The van der Waals surface area contributed by atoms with E-state index in [9.17, 15) is 5.11 Å². The zero-order valence-corrected chi connectivity index (χ0v) is 19.9. The average Bonchev–Trinajstić information content (AvgIpc) is 2.77. The summed E-state index contributed by atoms with van der Waals surface area (Å²) in [5.74, 6) is 0.659. The first-order valence-corrected chi connectivity index (χ1v) is 11.6. The Morgan fingerprint density at radius 1 is 1.23 bits per heavy atom. The van der Waals surface area contributed by atoms with Gasteiger partial charge >= 0.3 is 0 Å². The minimum Gasteiger partial charge on any atom is -0.392 e. The van der Waals surface area contributed by atoms with E-state index >= 15 is 0 Å². The fourth-order valence-corrected chi connectivity index (χ4v) is 3.95. The summed E-state index contributed by atoms with van der Waals surface area (Å²) in [6.45, 7) is 18.1. The number of hydrogen-bond acceptors (Lipinski definition) is 2. The maximum absolute atomic E-state index is 9.96. The Kier molecular flexibility index (Phi) is 13.2. The van der Waals surface area contributed by atoms with Gasteiger partial charge in [-0.25, -0.2) is 0 Å². The number of pyridine rings is 1. The molecule has 1 rings (SSSR count). The Morgan fingerprint density at radius 3 is 2.52 bits per heavy atom. The molecule has 0 amide bonds. The molecule has 0 spiro atoms. The molecular formula is C29H41NO. The highest BCUT2D eigenvalue weighted by molar-refractivity contribution is 5.75. The van der Waals surface area contributed by atoms with E-state index in [2.05, 4.69) is 51.4 Å². The molecule has 0 aliphatic carbocycles. The lowest BCUT2D eigenvalue weighted by Crippen LogP contribution is -2.06. The molecule has 0 saturated heterocycles. The fraction of sp³-hybridized carbons (Fsp3) is 0.448. The number of hydrogen-bond donors (Lipinski definition) is 1. The van der Waals surface area contributed by atoms with Crippen LogP contribution in [0, 0.1) is 5.92 Å². The van der Waals surface area contributed by atoms with Gasteiger partial charge in [-0.2, -0.15) is 0 Å². The zero-order valence-electron chi connectivity index (χ0n) is 19.9. The SMILES string of the molecule is C=C=CCCCC(CCC)Cc1ccc(C(C=C)=CC(CO)=C(CCC)C(=C)C)cn1. The van der Waals surface area contributed by atoms with Crippen LogP contribution in [0.5, 0.6) is 0 Å². The highest BCUT2D eigenvalue weighted by Gasteiger charge is 2.11. The lowest BCUT2D eigenvalue weighted by atomic mass is 9.91. The first-order valence-electron chi connectivity index (χ1n) is 11.6. The second-order valence-electron chi connectivity index (χ2n) is 8.23. The monoisotopic (exact) mass is 419 g/mol. The van der Waals surface area contributed by atoms with Gasteiger partial charge in [0.15, 0.2) is 0 Å². The predicted octanol–water partition coefficient (Wildman–Crippen LogP) is 7.79. The van der Waals surface area contributed by atoms with Crippen molar-refractivity contribution < 1.29 is 5.11 Å². The highest BCUT2D eigenvalue weighted by atomic mass is 16.3. The average molecular weight is 420 g/mol. The summed E-state index contributed by atoms with van der Waals surface area (Å²) in [7, 11) is 0. The molecule has 1 unspecified atom stereocenters. The minimum absolute atomic E-state index is 0.00914. The van der Waals surface area contributed by atoms with Gasteiger partial charge in [0.05, 0.1) is 6.61 Å². The van der Waals surface area contributed by atoms with Gasteiger partial charge in [-0.15, -0.1) is 5.73 Å². The van der Waals surface area contributed by atoms with Crippen molar-refractivity contribution in [3.8, 4) is 0 Å². The van der Waals surface area contributed by atoms with E-state index in [0.29, 0.717) is 5.92 Å². The largest absolute Gasteiger partial charge is 0.392 e. The molecule has 0 fully saturated rings. The predicted molar refractivity (Wildman–Crippen MR) is 136 cm³/mol. The summed E-state index contributed by atoms with van der Waals surface area (Å²) in [6, 6.07) is 4.25. The van der Waals surface area contributed by atoms with Crippen molar-refractivity contribution in [2.75, 3.05) is 6.61 Å². The number of aliphatic hydroxyl groups is 1. The van der Waals surface area contributed by atoms with E-state index in [-0.39, 0.29) is 6.61 Å². The van der Waals surface area contributed by atoms with Crippen molar-refractivity contribution in [1.82, 2.24) is 4.98 Å². The molecule has 0 bridgehead atoms. The van der Waals surface area contributed by atoms with Crippen molar-refractivity contribution in [2.45, 2.75) is 72.1 Å². The smallest absolute Gasteiger partial charge is 0.0684 e. The van der Waals surface area contributed by atoms with Gasteiger partial charge in [-0.3, -0.25) is 4.98 Å². The van der Waals surface area contributed by atoms with Gasteiger partial charge in [0.1, 0.15) is 0 Å². The van der Waals surface area contributed by atoms with E-state index in [0.717, 1.165) is 59.2 Å². The summed E-state index contributed by atoms with van der Waals surface area (Å²) < 4.78 is 0. The van der Waals surface area contributed by atoms with Crippen molar-refractivity contribution in [3.63, 3.8) is 0 Å². The number of aliphatic hydroxyl groups excluding tert-OH is 1. The summed E-state index contributed by atoms with van der Waals surface area (Å²) in [4.78, 5) is 4.75. The molecule has 168 valence electrons. The number of allylic oxidation sites excluding steroid dienone is 5. The molecule has 0 aliphatic rings. The summed E-state index contributed by atoms with van der Waals surface area (Å²) in [6.07, 6.45) is 16.6. The van der Waals surface area contributed by atoms with Crippen molar-refractivity contribution in [2.24, 2.45) is 5.92 Å². The number of nitrogens with zero attached hydrogens (tertiary/aromatic N) is 1. The van der Waals surface area contributed by atoms with Gasteiger partial charge in [-0.1, -0.05) is 70.6 Å². The van der Waals surface area contributed by atoms with Gasteiger partial charge in [-0.05, 0) is 85.4 Å². The maximum Gasteiger partial charge on any atom is 0.0684 e. The van der Waals surface area contributed by atoms with Crippen molar-refractivity contribution in [1.29, 1.82) is 0 Å². The Balaban J connectivity index is 3.03. The highest BCUT2D eigenvalue weighted by Crippen LogP contribution is 2.25. The van der Waals surface area contributed by atoms with Crippen LogP contribution in [0.25, 0.3) is 5.57 Å². The Labute approximate surface area is 190 Å². The van der Waals surface area contributed by atoms with Gasteiger partial charge in [0, 0.05) is 11.9 Å². The van der Waals surface area contributed by atoms with Crippen LogP contribution in [0.3, 0.4) is 0 Å². The quantitative estimate of drug-likeness (QED) is 0.179. The molecule has 31 heavy (non-hydrogen) atoms. The second-order valence-corrected chi connectivity index (χ2v) is 8.23. The molecular weight excluding hydrogens is 378 g/mol. The van der Waals surface area contributed by atoms with Crippen LogP contribution < -0.4 is 0 Å². The number of rotatable bonds is 15. The Bertz CT molecular complexity index is 804. The third kappa shape index (κ3) is 9.51. The van der Waals surface area contributed by atoms with Gasteiger partial charge in [0.2, 0.25) is 0 Å². The molecule has 0 radical (unpaired) electrons. The number of unbranched alkanes of at least 4 members (excludes halogenated alkanes) is 1. The Morgan fingerprint density at radius 2 is 2.00 bits per heavy atom. The van der Waals surface area contributed by atoms with E-state index in [4.69, 9.17) is 4.98 Å². The lowest BCUT2D eigenvalue weighted by Gasteiger charge is -2.16. The van der Waals surface area contributed by atoms with Crippen molar-refractivity contribution >= 4 is 5.57 Å². The lowest BCUT2D eigenvalue weighted by molar-refractivity contribution is 0.333. The number of aromatic nitrogens is 1. The first-order chi connectivity index (χ1) is 15.0. The molecule has 0 aromatic carbocycles. The third-order valence-corrected chi connectivity index (χ3v) is 5.58. The van der Waals surface area contributed by atoms with Crippen LogP contribution in [0.1, 0.15) is 77.0 Å². The molecule has 1 atom stereocenters. The summed E-state index contributed by atoms with van der Waals surface area (Å²) in [5, 5.41) is 9.96. The van der Waals surface area contributed by atoms with Crippen LogP contribution in [0.2, 0.25) is 0 Å². The van der Waals surface area contributed by atoms with E-state index in [1.807, 2.05) is 31.3 Å². The maximum atomic E-state index is 9.96.